The fraction of sp³-hybridized carbons (Fsp3) is 0.438. The molecule has 0 heterocycles. The second-order valence-electron chi connectivity index (χ2n) is 4.40. The van der Waals surface area contributed by atoms with Gasteiger partial charge in [0.2, 0.25) is 0 Å². The van der Waals surface area contributed by atoms with Crippen molar-refractivity contribution in [1.82, 2.24) is 0 Å². The Labute approximate surface area is 120 Å². The van der Waals surface area contributed by atoms with Crippen molar-refractivity contribution < 1.29 is 14.3 Å². The molecule has 0 aliphatic rings. The summed E-state index contributed by atoms with van der Waals surface area (Å²) in [7, 11) is 0. The van der Waals surface area contributed by atoms with Crippen LogP contribution in [0.3, 0.4) is 0 Å². The zero-order valence-corrected chi connectivity index (χ0v) is 12.3. The molecule has 1 rings (SSSR count). The highest BCUT2D eigenvalue weighted by molar-refractivity contribution is 5.82. The molecule has 1 aromatic rings. The molecule has 108 valence electrons. The average Bonchev–Trinajstić information content (AvgIpc) is 2.46. The SMILES string of the molecule is C#CCON=C(C)COc1ccc(OC(C)CC)cc1. The van der Waals surface area contributed by atoms with Gasteiger partial charge in [0, 0.05) is 0 Å². The lowest BCUT2D eigenvalue weighted by atomic mass is 10.3. The number of hydrogen-bond acceptors (Lipinski definition) is 4. The number of hydrogen-bond donors (Lipinski definition) is 0. The third-order valence-electron chi connectivity index (χ3n) is 2.55. The lowest BCUT2D eigenvalue weighted by molar-refractivity contribution is 0.177. The first-order valence-electron chi connectivity index (χ1n) is 6.64. The molecule has 0 saturated carbocycles. The Balaban J connectivity index is 2.42. The van der Waals surface area contributed by atoms with E-state index >= 15 is 0 Å². The highest BCUT2D eigenvalue weighted by Gasteiger charge is 2.02. The zero-order chi connectivity index (χ0) is 14.8. The van der Waals surface area contributed by atoms with E-state index in [9.17, 15) is 0 Å². The molecule has 0 spiro atoms. The Morgan fingerprint density at radius 2 is 1.95 bits per heavy atom. The summed E-state index contributed by atoms with van der Waals surface area (Å²) in [6.45, 7) is 6.47. The molecule has 1 unspecified atom stereocenters. The number of nitrogens with zero attached hydrogens (tertiary/aromatic N) is 1. The minimum absolute atomic E-state index is 0.166. The van der Waals surface area contributed by atoms with E-state index in [2.05, 4.69) is 18.0 Å². The molecular formula is C16H21NO3. The number of terminal acetylenes is 1. The Kier molecular flexibility index (Phi) is 7.05. The van der Waals surface area contributed by atoms with Crippen LogP contribution in [0.4, 0.5) is 0 Å². The van der Waals surface area contributed by atoms with Crippen LogP contribution >= 0.6 is 0 Å². The Bertz CT molecular complexity index is 460. The van der Waals surface area contributed by atoms with E-state index in [4.69, 9.17) is 20.7 Å². The van der Waals surface area contributed by atoms with Crippen LogP contribution in [0.5, 0.6) is 11.5 Å². The minimum atomic E-state index is 0.166. The molecule has 0 N–H and O–H groups in total. The lowest BCUT2D eigenvalue weighted by Gasteiger charge is -2.13. The van der Waals surface area contributed by atoms with Gasteiger partial charge in [0.25, 0.3) is 0 Å². The maximum Gasteiger partial charge on any atom is 0.177 e. The molecule has 0 radical (unpaired) electrons. The molecule has 0 saturated heterocycles. The molecule has 0 aromatic heterocycles. The molecule has 20 heavy (non-hydrogen) atoms. The molecule has 4 heteroatoms. The molecule has 0 fully saturated rings. The normalized spacial score (nSPS) is 12.4. The molecule has 0 amide bonds. The highest BCUT2D eigenvalue weighted by Crippen LogP contribution is 2.19. The Morgan fingerprint density at radius 1 is 1.30 bits per heavy atom. The number of ether oxygens (including phenoxy) is 2. The van der Waals surface area contributed by atoms with Crippen molar-refractivity contribution in [1.29, 1.82) is 0 Å². The van der Waals surface area contributed by atoms with Crippen molar-refractivity contribution in [3.63, 3.8) is 0 Å². The summed E-state index contributed by atoms with van der Waals surface area (Å²) >= 11 is 0. The fourth-order valence-electron chi connectivity index (χ4n) is 1.32. The first kappa shape index (κ1) is 15.9. The third-order valence-corrected chi connectivity index (χ3v) is 2.55. The van der Waals surface area contributed by atoms with Crippen molar-refractivity contribution in [2.75, 3.05) is 13.2 Å². The maximum atomic E-state index is 5.69. The van der Waals surface area contributed by atoms with Crippen molar-refractivity contribution in [3.8, 4) is 23.8 Å². The minimum Gasteiger partial charge on any atom is -0.491 e. The topological polar surface area (TPSA) is 40.0 Å². The summed E-state index contributed by atoms with van der Waals surface area (Å²) < 4.78 is 11.3. The van der Waals surface area contributed by atoms with Crippen LogP contribution in [0.1, 0.15) is 27.2 Å². The van der Waals surface area contributed by atoms with E-state index in [1.807, 2.05) is 38.1 Å². The van der Waals surface area contributed by atoms with Crippen LogP contribution in [0, 0.1) is 12.3 Å². The molecule has 4 nitrogen and oxygen atoms in total. The van der Waals surface area contributed by atoms with Gasteiger partial charge in [0.05, 0.1) is 11.8 Å². The summed E-state index contributed by atoms with van der Waals surface area (Å²) in [4.78, 5) is 4.86. The lowest BCUT2D eigenvalue weighted by Crippen LogP contribution is -2.10. The molecule has 0 aliphatic heterocycles. The van der Waals surface area contributed by atoms with Crippen molar-refractivity contribution in [2.45, 2.75) is 33.3 Å². The predicted molar refractivity (Wildman–Crippen MR) is 80.2 cm³/mol. The molecule has 0 bridgehead atoms. The maximum absolute atomic E-state index is 5.69. The second-order valence-corrected chi connectivity index (χ2v) is 4.40. The van der Waals surface area contributed by atoms with Gasteiger partial charge in [-0.3, -0.25) is 0 Å². The monoisotopic (exact) mass is 275 g/mol. The standard InChI is InChI=1S/C16H21NO3/c1-5-11-19-17-13(3)12-18-15-7-9-16(10-8-15)20-14(4)6-2/h1,7-10,14H,6,11-12H2,2-4H3. The molecular weight excluding hydrogens is 254 g/mol. The molecule has 0 aliphatic carbocycles. The first-order chi connectivity index (χ1) is 9.65. The number of benzene rings is 1. The highest BCUT2D eigenvalue weighted by atomic mass is 16.6. The van der Waals surface area contributed by atoms with Gasteiger partial charge in [0.1, 0.15) is 18.1 Å². The molecule has 1 atom stereocenters. The van der Waals surface area contributed by atoms with Crippen LogP contribution in [-0.2, 0) is 4.84 Å². The molecule has 1 aromatic carbocycles. The smallest absolute Gasteiger partial charge is 0.177 e. The Morgan fingerprint density at radius 3 is 2.55 bits per heavy atom. The zero-order valence-electron chi connectivity index (χ0n) is 12.3. The Hall–Kier alpha value is -2.15. The van der Waals surface area contributed by atoms with Crippen LogP contribution in [0.2, 0.25) is 0 Å². The van der Waals surface area contributed by atoms with Gasteiger partial charge in [-0.05, 0) is 44.5 Å². The van der Waals surface area contributed by atoms with Gasteiger partial charge >= 0.3 is 0 Å². The fourth-order valence-corrected chi connectivity index (χ4v) is 1.32. The van der Waals surface area contributed by atoms with Crippen molar-refractivity contribution in [3.05, 3.63) is 24.3 Å². The third kappa shape index (κ3) is 6.14. The van der Waals surface area contributed by atoms with Gasteiger partial charge in [-0.1, -0.05) is 18.0 Å². The van der Waals surface area contributed by atoms with E-state index in [1.165, 1.54) is 0 Å². The summed E-state index contributed by atoms with van der Waals surface area (Å²) in [5.41, 5.74) is 0.722. The van der Waals surface area contributed by atoms with Gasteiger partial charge in [0.15, 0.2) is 6.61 Å². The van der Waals surface area contributed by atoms with E-state index < -0.39 is 0 Å². The van der Waals surface area contributed by atoms with E-state index in [1.54, 1.807) is 0 Å². The second kappa shape index (κ2) is 8.87. The van der Waals surface area contributed by atoms with E-state index in [0.29, 0.717) is 6.61 Å². The summed E-state index contributed by atoms with van der Waals surface area (Å²) in [5.74, 6) is 3.94. The van der Waals surface area contributed by atoms with Crippen LogP contribution in [0.15, 0.2) is 29.4 Å². The van der Waals surface area contributed by atoms with Crippen molar-refractivity contribution >= 4 is 5.71 Å². The van der Waals surface area contributed by atoms with E-state index in [0.717, 1.165) is 23.6 Å². The van der Waals surface area contributed by atoms with Gasteiger partial charge in [-0.2, -0.15) is 0 Å². The van der Waals surface area contributed by atoms with Gasteiger partial charge < -0.3 is 14.3 Å². The van der Waals surface area contributed by atoms with Crippen molar-refractivity contribution in [2.24, 2.45) is 5.16 Å². The largest absolute Gasteiger partial charge is 0.491 e. The van der Waals surface area contributed by atoms with Gasteiger partial charge in [-0.25, -0.2) is 0 Å². The summed E-state index contributed by atoms with van der Waals surface area (Å²) in [6.07, 6.45) is 6.24. The number of oxime groups is 1. The number of rotatable bonds is 8. The van der Waals surface area contributed by atoms with Crippen LogP contribution < -0.4 is 9.47 Å². The van der Waals surface area contributed by atoms with Crippen LogP contribution in [-0.4, -0.2) is 25.0 Å². The van der Waals surface area contributed by atoms with Gasteiger partial charge in [-0.15, -0.1) is 6.42 Å². The summed E-state index contributed by atoms with van der Waals surface area (Å²) in [5, 5.41) is 3.82. The van der Waals surface area contributed by atoms with E-state index in [-0.39, 0.29) is 12.7 Å². The predicted octanol–water partition coefficient (Wildman–Crippen LogP) is 3.27. The van der Waals surface area contributed by atoms with Crippen LogP contribution in [0.25, 0.3) is 0 Å². The summed E-state index contributed by atoms with van der Waals surface area (Å²) in [6, 6.07) is 7.52. The quantitative estimate of drug-likeness (QED) is 0.316. The average molecular weight is 275 g/mol. The first-order valence-corrected chi connectivity index (χ1v) is 6.64.